The van der Waals surface area contributed by atoms with Gasteiger partial charge in [-0.2, -0.15) is 13.2 Å². The fourth-order valence-electron chi connectivity index (χ4n) is 3.34. The summed E-state index contributed by atoms with van der Waals surface area (Å²) in [7, 11) is 0. The molecule has 1 N–H and O–H groups in total. The second-order valence-electron chi connectivity index (χ2n) is 7.23. The van der Waals surface area contributed by atoms with Gasteiger partial charge in [0.05, 0.1) is 17.7 Å². The summed E-state index contributed by atoms with van der Waals surface area (Å²) in [6.07, 6.45) is -9.47. The van der Waals surface area contributed by atoms with E-state index in [0.717, 1.165) is 24.3 Å². The second kappa shape index (κ2) is 9.69. The van der Waals surface area contributed by atoms with Gasteiger partial charge >= 0.3 is 12.5 Å². The molecular weight excluding hydrogens is 456 g/mol. The van der Waals surface area contributed by atoms with E-state index in [1.54, 1.807) is 4.90 Å². The first-order valence-electron chi connectivity index (χ1n) is 9.76. The van der Waals surface area contributed by atoms with Crippen LogP contribution in [-0.4, -0.2) is 60.7 Å². The third kappa shape index (κ3) is 6.85. The highest BCUT2D eigenvalue weighted by atomic mass is 19.4. The second-order valence-corrected chi connectivity index (χ2v) is 7.23. The Bertz CT molecular complexity index is 984. The van der Waals surface area contributed by atoms with Crippen LogP contribution < -0.4 is 10.1 Å². The fraction of sp³-hybridized carbons (Fsp3) is 0.333. The molecule has 6 nitrogen and oxygen atoms in total. The Hall–Kier alpha value is -3.28. The third-order valence-corrected chi connectivity index (χ3v) is 4.86. The van der Waals surface area contributed by atoms with Gasteiger partial charge in [-0.3, -0.25) is 14.5 Å². The highest BCUT2D eigenvalue weighted by molar-refractivity contribution is 5.96. The number of ether oxygens (including phenoxy) is 1. The molecule has 0 unspecified atom stereocenters. The average Bonchev–Trinajstić information content (AvgIpc) is 2.73. The summed E-state index contributed by atoms with van der Waals surface area (Å²) in [6, 6.07) is 9.21. The molecule has 1 aliphatic heterocycles. The molecule has 1 saturated heterocycles. The van der Waals surface area contributed by atoms with E-state index in [1.165, 1.54) is 29.2 Å². The first-order valence-corrected chi connectivity index (χ1v) is 9.76. The Morgan fingerprint density at radius 3 is 2.06 bits per heavy atom. The van der Waals surface area contributed by atoms with Crippen LogP contribution in [0.1, 0.15) is 15.9 Å². The van der Waals surface area contributed by atoms with Crippen molar-refractivity contribution in [3.63, 3.8) is 0 Å². The maximum Gasteiger partial charge on any atom is 0.573 e. The minimum Gasteiger partial charge on any atom is -0.406 e. The van der Waals surface area contributed by atoms with Gasteiger partial charge in [0.25, 0.3) is 5.91 Å². The maximum atomic E-state index is 13.2. The first kappa shape index (κ1) is 24.4. The summed E-state index contributed by atoms with van der Waals surface area (Å²) < 4.78 is 79.8. The number of hydrogen-bond acceptors (Lipinski definition) is 4. The van der Waals surface area contributed by atoms with Gasteiger partial charge in [0.1, 0.15) is 5.75 Å². The quantitative estimate of drug-likeness (QED) is 0.665. The van der Waals surface area contributed by atoms with Crippen molar-refractivity contribution in [2.45, 2.75) is 12.5 Å². The highest BCUT2D eigenvalue weighted by Gasteiger charge is 2.36. The molecule has 12 heteroatoms. The first-order chi connectivity index (χ1) is 15.4. The molecule has 2 amide bonds. The summed E-state index contributed by atoms with van der Waals surface area (Å²) in [6.45, 7) is 0.767. The molecule has 0 spiro atoms. The molecule has 2 aromatic rings. The zero-order valence-corrected chi connectivity index (χ0v) is 17.0. The number of carbonyl (C=O) groups is 2. The number of alkyl halides is 6. The van der Waals surface area contributed by atoms with Crippen LogP contribution in [-0.2, 0) is 11.0 Å². The van der Waals surface area contributed by atoms with Crippen LogP contribution in [0.5, 0.6) is 5.75 Å². The molecule has 1 aliphatic rings. The average molecular weight is 475 g/mol. The van der Waals surface area contributed by atoms with Gasteiger partial charge in [-0.1, -0.05) is 12.1 Å². The zero-order chi connectivity index (χ0) is 24.2. The molecule has 0 aromatic heterocycles. The van der Waals surface area contributed by atoms with Crippen molar-refractivity contribution in [3.05, 3.63) is 59.7 Å². The van der Waals surface area contributed by atoms with Gasteiger partial charge in [-0.15, -0.1) is 13.2 Å². The smallest absolute Gasteiger partial charge is 0.406 e. The Morgan fingerprint density at radius 1 is 0.879 bits per heavy atom. The Kier molecular flexibility index (Phi) is 7.15. The van der Waals surface area contributed by atoms with Crippen LogP contribution in [0.4, 0.5) is 32.0 Å². The van der Waals surface area contributed by atoms with Crippen LogP contribution in [0, 0.1) is 0 Å². The molecule has 0 aliphatic carbocycles. The van der Waals surface area contributed by atoms with Crippen LogP contribution in [0.15, 0.2) is 48.5 Å². The molecule has 178 valence electrons. The summed E-state index contributed by atoms with van der Waals surface area (Å²) in [5.74, 6) is -1.58. The third-order valence-electron chi connectivity index (χ3n) is 4.86. The number of piperazine rings is 1. The van der Waals surface area contributed by atoms with Crippen molar-refractivity contribution in [1.82, 2.24) is 9.80 Å². The number of hydrogen-bond donors (Lipinski definition) is 1. The van der Waals surface area contributed by atoms with Gasteiger partial charge in [0.15, 0.2) is 0 Å². The van der Waals surface area contributed by atoms with Gasteiger partial charge in [-0.25, -0.2) is 0 Å². The zero-order valence-electron chi connectivity index (χ0n) is 17.0. The lowest BCUT2D eigenvalue weighted by Gasteiger charge is -2.34. The molecule has 1 heterocycles. The largest absolute Gasteiger partial charge is 0.573 e. The van der Waals surface area contributed by atoms with Crippen molar-refractivity contribution in [2.24, 2.45) is 0 Å². The van der Waals surface area contributed by atoms with Gasteiger partial charge < -0.3 is 15.0 Å². The van der Waals surface area contributed by atoms with Crippen LogP contribution in [0.25, 0.3) is 0 Å². The fourth-order valence-corrected chi connectivity index (χ4v) is 3.34. The van der Waals surface area contributed by atoms with E-state index in [9.17, 15) is 35.9 Å². The number of amides is 2. The SMILES string of the molecule is O=C(CN1CCN(C(=O)c2ccccc2C(F)(F)F)CC1)Nc1ccc(OC(F)(F)F)cc1. The molecule has 33 heavy (non-hydrogen) atoms. The Morgan fingerprint density at radius 2 is 1.48 bits per heavy atom. The summed E-state index contributed by atoms with van der Waals surface area (Å²) >= 11 is 0. The number of carbonyl (C=O) groups excluding carboxylic acids is 2. The number of anilines is 1. The van der Waals surface area contributed by atoms with E-state index in [4.69, 9.17) is 0 Å². The number of nitrogens with zero attached hydrogens (tertiary/aromatic N) is 2. The highest BCUT2D eigenvalue weighted by Crippen LogP contribution is 2.32. The summed E-state index contributed by atoms with van der Waals surface area (Å²) in [5.41, 5.74) is -1.15. The normalized spacial score (nSPS) is 15.3. The molecule has 0 atom stereocenters. The van der Waals surface area contributed by atoms with Crippen LogP contribution in [0.3, 0.4) is 0 Å². The lowest BCUT2D eigenvalue weighted by atomic mass is 10.1. The molecular formula is C21H19F6N3O3. The van der Waals surface area contributed by atoms with Crippen molar-refractivity contribution in [3.8, 4) is 5.75 Å². The lowest BCUT2D eigenvalue weighted by molar-refractivity contribution is -0.274. The lowest BCUT2D eigenvalue weighted by Crippen LogP contribution is -2.50. The van der Waals surface area contributed by atoms with Gasteiger partial charge in [-0.05, 0) is 36.4 Å². The van der Waals surface area contributed by atoms with Gasteiger partial charge in [0, 0.05) is 31.9 Å². The Labute approximate surface area is 184 Å². The van der Waals surface area contributed by atoms with E-state index in [1.807, 2.05) is 0 Å². The molecule has 0 saturated carbocycles. The number of benzene rings is 2. The minimum atomic E-state index is -4.82. The molecule has 0 bridgehead atoms. The Balaban J connectivity index is 1.51. The summed E-state index contributed by atoms with van der Waals surface area (Å²) in [5, 5.41) is 2.54. The number of halogens is 6. The van der Waals surface area contributed by atoms with E-state index < -0.39 is 41.2 Å². The predicted molar refractivity (Wildman–Crippen MR) is 106 cm³/mol. The number of nitrogens with one attached hydrogen (secondary N) is 1. The topological polar surface area (TPSA) is 61.9 Å². The van der Waals surface area contributed by atoms with Crippen LogP contribution >= 0.6 is 0 Å². The van der Waals surface area contributed by atoms with Gasteiger partial charge in [0.2, 0.25) is 5.91 Å². The molecule has 0 radical (unpaired) electrons. The van der Waals surface area contributed by atoms with Crippen molar-refractivity contribution < 1.29 is 40.7 Å². The molecule has 1 fully saturated rings. The van der Waals surface area contributed by atoms with E-state index >= 15 is 0 Å². The maximum absolute atomic E-state index is 13.2. The monoisotopic (exact) mass is 475 g/mol. The molecule has 3 rings (SSSR count). The van der Waals surface area contributed by atoms with Crippen molar-refractivity contribution in [2.75, 3.05) is 38.0 Å². The summed E-state index contributed by atoms with van der Waals surface area (Å²) in [4.78, 5) is 27.8. The van der Waals surface area contributed by atoms with Crippen molar-refractivity contribution >= 4 is 17.5 Å². The van der Waals surface area contributed by atoms with E-state index in [2.05, 4.69) is 10.1 Å². The predicted octanol–water partition coefficient (Wildman–Crippen LogP) is 4.00. The standard InChI is InChI=1S/C21H19F6N3O3/c22-20(23,24)17-4-2-1-3-16(17)19(32)30-11-9-29(10-12-30)13-18(31)28-14-5-7-15(8-6-14)33-21(25,26)27/h1-8H,9-13H2,(H,28,31). The van der Waals surface area contributed by atoms with Crippen molar-refractivity contribution in [1.29, 1.82) is 0 Å². The number of rotatable bonds is 5. The minimum absolute atomic E-state index is 0.0536. The van der Waals surface area contributed by atoms with E-state index in [0.29, 0.717) is 0 Å². The van der Waals surface area contributed by atoms with E-state index in [-0.39, 0.29) is 38.4 Å². The van der Waals surface area contributed by atoms with Crippen LogP contribution in [0.2, 0.25) is 0 Å². The molecule has 2 aromatic carbocycles.